The van der Waals surface area contributed by atoms with Gasteiger partial charge in [-0.05, 0) is 35.9 Å². The zero-order valence-corrected chi connectivity index (χ0v) is 18.1. The smallest absolute Gasteiger partial charge is 0.363 e. The lowest BCUT2D eigenvalue weighted by atomic mass is 10.1. The first-order valence-electron chi connectivity index (χ1n) is 9.12. The van der Waals surface area contributed by atoms with Gasteiger partial charge in [-0.3, -0.25) is 0 Å². The fourth-order valence-electron chi connectivity index (χ4n) is 3.08. The molecule has 0 bridgehead atoms. The van der Waals surface area contributed by atoms with Gasteiger partial charge >= 0.3 is 5.97 Å². The molecule has 0 spiro atoms. The fraction of sp³-hybridized carbons (Fsp3) is 0.273. The average Bonchev–Trinajstić information content (AvgIpc) is 3.17. The molecule has 0 saturated heterocycles. The molecule has 2 aromatic carbocycles. The van der Waals surface area contributed by atoms with Gasteiger partial charge < -0.3 is 33.2 Å². The zero-order chi connectivity index (χ0) is 22.5. The predicted octanol–water partition coefficient (Wildman–Crippen LogP) is 3.08. The number of ether oxygens (including phenoxy) is 7. The van der Waals surface area contributed by atoms with Crippen LogP contribution < -0.4 is 28.4 Å². The number of nitrogens with zero attached hydrogens (tertiary/aromatic N) is 1. The Morgan fingerprint density at radius 2 is 1.16 bits per heavy atom. The highest BCUT2D eigenvalue weighted by atomic mass is 16.6. The molecule has 0 amide bonds. The molecule has 0 unspecified atom stereocenters. The third kappa shape index (κ3) is 4.20. The molecule has 31 heavy (non-hydrogen) atoms. The number of carbonyl (C=O) groups is 1. The Labute approximate surface area is 179 Å². The Kier molecular flexibility index (Phi) is 6.54. The van der Waals surface area contributed by atoms with E-state index in [-0.39, 0.29) is 11.6 Å². The Balaban J connectivity index is 2.04. The summed E-state index contributed by atoms with van der Waals surface area (Å²) < 4.78 is 37.4. The molecule has 164 valence electrons. The van der Waals surface area contributed by atoms with Crippen LogP contribution in [0.4, 0.5) is 0 Å². The molecule has 9 heteroatoms. The van der Waals surface area contributed by atoms with Gasteiger partial charge in [0.1, 0.15) is 0 Å². The van der Waals surface area contributed by atoms with E-state index >= 15 is 0 Å². The van der Waals surface area contributed by atoms with E-state index in [4.69, 9.17) is 33.2 Å². The van der Waals surface area contributed by atoms with Gasteiger partial charge in [-0.15, -0.1) is 0 Å². The Hall–Kier alpha value is -3.88. The molecule has 0 aromatic heterocycles. The van der Waals surface area contributed by atoms with Gasteiger partial charge in [0.05, 0.1) is 42.7 Å². The topological polar surface area (TPSA) is 94.0 Å². The van der Waals surface area contributed by atoms with E-state index < -0.39 is 5.97 Å². The maximum atomic E-state index is 12.4. The first-order valence-corrected chi connectivity index (χ1v) is 9.12. The summed E-state index contributed by atoms with van der Waals surface area (Å²) in [6.07, 6.45) is 1.57. The molecule has 0 fully saturated rings. The van der Waals surface area contributed by atoms with Crippen molar-refractivity contribution in [3.63, 3.8) is 0 Å². The maximum Gasteiger partial charge on any atom is 0.363 e. The van der Waals surface area contributed by atoms with Crippen LogP contribution in [0.1, 0.15) is 11.1 Å². The highest BCUT2D eigenvalue weighted by Crippen LogP contribution is 2.40. The number of benzene rings is 2. The van der Waals surface area contributed by atoms with Crippen LogP contribution >= 0.6 is 0 Å². The van der Waals surface area contributed by atoms with Crippen LogP contribution in [0, 0.1) is 0 Å². The summed E-state index contributed by atoms with van der Waals surface area (Å²) in [5.74, 6) is 2.12. The highest BCUT2D eigenvalue weighted by molar-refractivity contribution is 6.13. The minimum atomic E-state index is -0.600. The summed E-state index contributed by atoms with van der Waals surface area (Å²) in [6, 6.07) is 6.70. The second kappa shape index (κ2) is 9.29. The number of methoxy groups -OCH3 is 6. The SMILES string of the molecule is COc1cc(C=C2N=C(c3cc(OC)c(OC)c(OC)c3)OC2=O)cc(OC)c1OC. The number of cyclic esters (lactones) is 1. The van der Waals surface area contributed by atoms with E-state index in [0.717, 1.165) is 0 Å². The van der Waals surface area contributed by atoms with Crippen LogP contribution in [0.5, 0.6) is 34.5 Å². The molecule has 1 aliphatic rings. The van der Waals surface area contributed by atoms with Crippen molar-refractivity contribution in [3.8, 4) is 34.5 Å². The predicted molar refractivity (Wildman–Crippen MR) is 113 cm³/mol. The van der Waals surface area contributed by atoms with Gasteiger partial charge in [-0.25, -0.2) is 9.79 Å². The summed E-state index contributed by atoms with van der Waals surface area (Å²) in [5.41, 5.74) is 1.23. The van der Waals surface area contributed by atoms with Crippen molar-refractivity contribution in [2.24, 2.45) is 4.99 Å². The summed E-state index contributed by atoms with van der Waals surface area (Å²) in [4.78, 5) is 16.8. The molecule has 3 rings (SSSR count). The standard InChI is InChI=1S/C22H23NO8/c1-25-15-8-12(9-16(26-2)19(15)29-5)7-14-22(24)31-21(23-14)13-10-17(27-3)20(30-6)18(11-13)28-4/h7-11H,1-6H3. The van der Waals surface area contributed by atoms with Crippen LogP contribution in [0.25, 0.3) is 6.08 Å². The lowest BCUT2D eigenvalue weighted by Gasteiger charge is -2.13. The molecule has 2 aromatic rings. The molecule has 1 heterocycles. The van der Waals surface area contributed by atoms with Crippen LogP contribution in [0.3, 0.4) is 0 Å². The van der Waals surface area contributed by atoms with Gasteiger partial charge in [-0.1, -0.05) is 0 Å². The van der Waals surface area contributed by atoms with Crippen molar-refractivity contribution in [1.29, 1.82) is 0 Å². The van der Waals surface area contributed by atoms with E-state index in [1.165, 1.54) is 42.7 Å². The van der Waals surface area contributed by atoms with Crippen molar-refractivity contribution in [2.75, 3.05) is 42.7 Å². The molecule has 0 aliphatic carbocycles. The van der Waals surface area contributed by atoms with Crippen LogP contribution in [-0.4, -0.2) is 54.5 Å². The quantitative estimate of drug-likeness (QED) is 0.467. The molecule has 9 nitrogen and oxygen atoms in total. The summed E-state index contributed by atoms with van der Waals surface area (Å²) >= 11 is 0. The van der Waals surface area contributed by atoms with Crippen LogP contribution in [-0.2, 0) is 9.53 Å². The Morgan fingerprint density at radius 3 is 1.58 bits per heavy atom. The Bertz CT molecular complexity index is 1010. The summed E-state index contributed by atoms with van der Waals surface area (Å²) in [5, 5.41) is 0. The van der Waals surface area contributed by atoms with Gasteiger partial charge in [-0.2, -0.15) is 0 Å². The summed E-state index contributed by atoms with van der Waals surface area (Å²) in [6.45, 7) is 0. The molecule has 0 saturated carbocycles. The maximum absolute atomic E-state index is 12.4. The second-order valence-electron chi connectivity index (χ2n) is 6.21. The average molecular weight is 429 g/mol. The largest absolute Gasteiger partial charge is 0.493 e. The van der Waals surface area contributed by atoms with Gasteiger partial charge in [0.2, 0.25) is 17.4 Å². The zero-order valence-electron chi connectivity index (χ0n) is 18.1. The lowest BCUT2D eigenvalue weighted by Crippen LogP contribution is -2.07. The number of carbonyl (C=O) groups excluding carboxylic acids is 1. The van der Waals surface area contributed by atoms with E-state index in [9.17, 15) is 4.79 Å². The summed E-state index contributed by atoms with van der Waals surface area (Å²) in [7, 11) is 9.04. The van der Waals surface area contributed by atoms with Crippen LogP contribution in [0.2, 0.25) is 0 Å². The minimum Gasteiger partial charge on any atom is -0.493 e. The van der Waals surface area contributed by atoms with Gasteiger partial charge in [0.15, 0.2) is 28.7 Å². The number of hydrogen-bond acceptors (Lipinski definition) is 9. The molecule has 0 atom stereocenters. The van der Waals surface area contributed by atoms with E-state index in [2.05, 4.69) is 4.99 Å². The van der Waals surface area contributed by atoms with E-state index in [1.54, 1.807) is 30.3 Å². The number of rotatable bonds is 8. The molecule has 0 radical (unpaired) electrons. The normalized spacial score (nSPS) is 14.1. The van der Waals surface area contributed by atoms with E-state index in [0.29, 0.717) is 45.6 Å². The molecule has 1 aliphatic heterocycles. The van der Waals surface area contributed by atoms with Crippen LogP contribution in [0.15, 0.2) is 35.0 Å². The van der Waals surface area contributed by atoms with Crippen molar-refractivity contribution < 1.29 is 38.0 Å². The molecular formula is C22H23NO8. The fourth-order valence-corrected chi connectivity index (χ4v) is 3.08. The number of hydrogen-bond donors (Lipinski definition) is 0. The first kappa shape index (κ1) is 21.8. The van der Waals surface area contributed by atoms with Crippen molar-refractivity contribution >= 4 is 17.9 Å². The third-order valence-corrected chi connectivity index (χ3v) is 4.52. The second-order valence-corrected chi connectivity index (χ2v) is 6.21. The van der Waals surface area contributed by atoms with Gasteiger partial charge in [0.25, 0.3) is 0 Å². The highest BCUT2D eigenvalue weighted by Gasteiger charge is 2.27. The molecular weight excluding hydrogens is 406 g/mol. The minimum absolute atomic E-state index is 0.109. The first-order chi connectivity index (χ1) is 15.0. The number of esters is 1. The Morgan fingerprint density at radius 1 is 0.710 bits per heavy atom. The monoisotopic (exact) mass is 429 g/mol. The van der Waals surface area contributed by atoms with Crippen molar-refractivity contribution in [3.05, 3.63) is 41.1 Å². The number of aliphatic imine (C=N–C) groups is 1. The molecule has 0 N–H and O–H groups in total. The third-order valence-electron chi connectivity index (χ3n) is 4.52. The van der Waals surface area contributed by atoms with Crippen molar-refractivity contribution in [1.82, 2.24) is 0 Å². The van der Waals surface area contributed by atoms with E-state index in [1.807, 2.05) is 0 Å². The van der Waals surface area contributed by atoms with Crippen molar-refractivity contribution in [2.45, 2.75) is 0 Å². The lowest BCUT2D eigenvalue weighted by molar-refractivity contribution is -0.129. The van der Waals surface area contributed by atoms with Gasteiger partial charge in [0, 0.05) is 5.56 Å².